The highest BCUT2D eigenvalue weighted by Gasteiger charge is 2.26. The van der Waals surface area contributed by atoms with E-state index in [2.05, 4.69) is 33.8 Å². The minimum absolute atomic E-state index is 0.194. The van der Waals surface area contributed by atoms with Crippen LogP contribution in [-0.4, -0.2) is 47.9 Å². The summed E-state index contributed by atoms with van der Waals surface area (Å²) in [5.74, 6) is 0.194. The molecule has 1 saturated heterocycles. The van der Waals surface area contributed by atoms with Crippen molar-refractivity contribution in [3.63, 3.8) is 0 Å². The molecule has 1 fully saturated rings. The molecule has 1 amide bonds. The van der Waals surface area contributed by atoms with Crippen LogP contribution >= 0.6 is 15.9 Å². The van der Waals surface area contributed by atoms with Gasteiger partial charge in [0.15, 0.2) is 0 Å². The Bertz CT molecular complexity index is 517. The van der Waals surface area contributed by atoms with E-state index in [1.54, 1.807) is 0 Å². The van der Waals surface area contributed by atoms with Gasteiger partial charge in [0, 0.05) is 35.7 Å². The normalized spacial score (nSPS) is 23.2. The number of fused-ring (bicyclic) bond motifs is 1. The second-order valence-corrected chi connectivity index (χ2v) is 6.79. The minimum atomic E-state index is 0.194. The topological polar surface area (TPSA) is 23.6 Å². The molecule has 1 aromatic rings. The van der Waals surface area contributed by atoms with Gasteiger partial charge in [0.1, 0.15) is 0 Å². The molecule has 0 radical (unpaired) electrons. The summed E-state index contributed by atoms with van der Waals surface area (Å²) in [4.78, 5) is 17.1. The molecule has 1 aromatic carbocycles. The summed E-state index contributed by atoms with van der Waals surface area (Å²) in [5, 5.41) is 0. The quantitative estimate of drug-likeness (QED) is 0.847. The molecule has 108 valence electrons. The van der Waals surface area contributed by atoms with Crippen molar-refractivity contribution in [2.24, 2.45) is 0 Å². The maximum atomic E-state index is 12.5. The maximum absolute atomic E-state index is 12.5. The molecular weight excluding hydrogens is 316 g/mol. The first-order chi connectivity index (χ1) is 9.65. The zero-order chi connectivity index (χ0) is 14.1. The summed E-state index contributed by atoms with van der Waals surface area (Å²) in [7, 11) is 0. The molecule has 4 heteroatoms. The Morgan fingerprint density at radius 3 is 2.90 bits per heavy atom. The Morgan fingerprint density at radius 2 is 2.15 bits per heavy atom. The average Bonchev–Trinajstić information content (AvgIpc) is 2.84. The van der Waals surface area contributed by atoms with Gasteiger partial charge in [0.2, 0.25) is 0 Å². The first kappa shape index (κ1) is 14.1. The van der Waals surface area contributed by atoms with Crippen molar-refractivity contribution >= 4 is 21.8 Å². The fraction of sp³-hybridized carbons (Fsp3) is 0.562. The van der Waals surface area contributed by atoms with Crippen LogP contribution < -0.4 is 0 Å². The zero-order valence-electron chi connectivity index (χ0n) is 11.9. The molecule has 0 spiro atoms. The van der Waals surface area contributed by atoms with Crippen LogP contribution in [0.25, 0.3) is 0 Å². The molecule has 3 rings (SSSR count). The molecule has 1 atom stereocenters. The molecule has 20 heavy (non-hydrogen) atoms. The lowest BCUT2D eigenvalue weighted by Gasteiger charge is -2.31. The van der Waals surface area contributed by atoms with Crippen LogP contribution in [0.5, 0.6) is 0 Å². The molecule has 3 nitrogen and oxygen atoms in total. The lowest BCUT2D eigenvalue weighted by atomic mass is 9.99. The van der Waals surface area contributed by atoms with Gasteiger partial charge in [-0.1, -0.05) is 22.0 Å². The lowest BCUT2D eigenvalue weighted by molar-refractivity contribution is 0.0716. The molecule has 0 saturated carbocycles. The fourth-order valence-corrected chi connectivity index (χ4v) is 3.64. The van der Waals surface area contributed by atoms with Gasteiger partial charge in [-0.25, -0.2) is 0 Å². The molecular formula is C16H21BrN2O. The first-order valence-electron chi connectivity index (χ1n) is 7.47. The summed E-state index contributed by atoms with van der Waals surface area (Å²) >= 11 is 3.46. The Labute approximate surface area is 129 Å². The number of rotatable bonds is 3. The highest BCUT2D eigenvalue weighted by molar-refractivity contribution is 9.10. The minimum Gasteiger partial charge on any atom is -0.337 e. The Morgan fingerprint density at radius 1 is 1.30 bits per heavy atom. The molecule has 0 aromatic heterocycles. The predicted molar refractivity (Wildman–Crippen MR) is 84.0 cm³/mol. The van der Waals surface area contributed by atoms with Crippen molar-refractivity contribution in [1.82, 2.24) is 9.80 Å². The number of carbonyl (C=O) groups excluding carboxylic acids is 1. The van der Waals surface area contributed by atoms with Crippen LogP contribution in [-0.2, 0) is 6.42 Å². The van der Waals surface area contributed by atoms with Crippen molar-refractivity contribution in [2.45, 2.75) is 32.2 Å². The summed E-state index contributed by atoms with van der Waals surface area (Å²) in [6, 6.07) is 6.73. The van der Waals surface area contributed by atoms with Gasteiger partial charge in [0.05, 0.1) is 0 Å². The summed E-state index contributed by atoms with van der Waals surface area (Å²) in [5.41, 5.74) is 2.06. The number of hydrogen-bond donors (Lipinski definition) is 0. The highest BCUT2D eigenvalue weighted by Crippen LogP contribution is 2.23. The van der Waals surface area contributed by atoms with Crippen LogP contribution in [0.4, 0.5) is 0 Å². The molecule has 2 aliphatic rings. The lowest BCUT2D eigenvalue weighted by Crippen LogP contribution is -2.43. The van der Waals surface area contributed by atoms with Crippen LogP contribution in [0.1, 0.15) is 35.7 Å². The molecule has 0 bridgehead atoms. The van der Waals surface area contributed by atoms with E-state index in [1.165, 1.54) is 24.9 Å². The number of halogens is 1. The standard InChI is InChI=1S/C16H21BrN2O/c1-12-3-2-7-18(12)9-10-19-8-6-13-4-5-14(17)11-15(13)16(19)20/h4-5,11-12H,2-3,6-10H2,1H3/t12-/m1/s1. The first-order valence-corrected chi connectivity index (χ1v) is 8.26. The van der Waals surface area contributed by atoms with Crippen LogP contribution in [0.2, 0.25) is 0 Å². The predicted octanol–water partition coefficient (Wildman–Crippen LogP) is 2.93. The van der Waals surface area contributed by atoms with Crippen molar-refractivity contribution < 1.29 is 4.79 Å². The monoisotopic (exact) mass is 336 g/mol. The second-order valence-electron chi connectivity index (χ2n) is 5.87. The van der Waals surface area contributed by atoms with E-state index < -0.39 is 0 Å². The van der Waals surface area contributed by atoms with E-state index in [0.717, 1.165) is 36.1 Å². The largest absolute Gasteiger partial charge is 0.337 e. The number of benzene rings is 1. The molecule has 0 unspecified atom stereocenters. The Hall–Kier alpha value is -0.870. The van der Waals surface area contributed by atoms with Gasteiger partial charge >= 0.3 is 0 Å². The number of nitrogens with zero attached hydrogens (tertiary/aromatic N) is 2. The third-order valence-electron chi connectivity index (χ3n) is 4.59. The number of amides is 1. The second kappa shape index (κ2) is 5.86. The van der Waals surface area contributed by atoms with E-state index in [0.29, 0.717) is 6.04 Å². The summed E-state index contributed by atoms with van der Waals surface area (Å²) in [6.45, 7) is 6.20. The smallest absolute Gasteiger partial charge is 0.254 e. The van der Waals surface area contributed by atoms with Crippen molar-refractivity contribution in [1.29, 1.82) is 0 Å². The van der Waals surface area contributed by atoms with Crippen molar-refractivity contribution in [3.8, 4) is 0 Å². The van der Waals surface area contributed by atoms with Crippen LogP contribution in [0.15, 0.2) is 22.7 Å². The molecule has 0 N–H and O–H groups in total. The Balaban J connectivity index is 1.66. The fourth-order valence-electron chi connectivity index (χ4n) is 3.28. The number of likely N-dealkylation sites (tertiary alicyclic amines) is 1. The number of hydrogen-bond acceptors (Lipinski definition) is 2. The molecule has 2 aliphatic heterocycles. The SMILES string of the molecule is C[C@@H]1CCCN1CCN1CCc2ccc(Br)cc2C1=O. The van der Waals surface area contributed by atoms with Crippen LogP contribution in [0, 0.1) is 0 Å². The van der Waals surface area contributed by atoms with Gasteiger partial charge < -0.3 is 4.90 Å². The van der Waals surface area contributed by atoms with E-state index in [1.807, 2.05) is 17.0 Å². The maximum Gasteiger partial charge on any atom is 0.254 e. The van der Waals surface area contributed by atoms with Crippen molar-refractivity contribution in [2.75, 3.05) is 26.2 Å². The highest BCUT2D eigenvalue weighted by atomic mass is 79.9. The summed E-state index contributed by atoms with van der Waals surface area (Å²) < 4.78 is 0.986. The van der Waals surface area contributed by atoms with Gasteiger partial charge in [-0.15, -0.1) is 0 Å². The van der Waals surface area contributed by atoms with Crippen molar-refractivity contribution in [3.05, 3.63) is 33.8 Å². The number of carbonyl (C=O) groups is 1. The van der Waals surface area contributed by atoms with Gasteiger partial charge in [0.25, 0.3) is 5.91 Å². The summed E-state index contributed by atoms with van der Waals surface area (Å²) in [6.07, 6.45) is 3.57. The third kappa shape index (κ3) is 2.77. The molecule has 2 heterocycles. The Kier molecular flexibility index (Phi) is 4.13. The van der Waals surface area contributed by atoms with Gasteiger partial charge in [-0.3, -0.25) is 9.69 Å². The van der Waals surface area contributed by atoms with E-state index in [4.69, 9.17) is 0 Å². The zero-order valence-corrected chi connectivity index (χ0v) is 13.5. The molecule has 0 aliphatic carbocycles. The van der Waals surface area contributed by atoms with E-state index in [9.17, 15) is 4.79 Å². The van der Waals surface area contributed by atoms with Gasteiger partial charge in [-0.2, -0.15) is 0 Å². The van der Waals surface area contributed by atoms with Gasteiger partial charge in [-0.05, 0) is 50.4 Å². The average molecular weight is 337 g/mol. The van der Waals surface area contributed by atoms with E-state index in [-0.39, 0.29) is 5.91 Å². The van der Waals surface area contributed by atoms with E-state index >= 15 is 0 Å². The third-order valence-corrected chi connectivity index (χ3v) is 5.08. The van der Waals surface area contributed by atoms with Crippen LogP contribution in [0.3, 0.4) is 0 Å².